The number of halogens is 2. The molecule has 0 spiro atoms. The molecule has 0 bridgehead atoms. The monoisotopic (exact) mass is 231 g/mol. The van der Waals surface area contributed by atoms with E-state index < -0.39 is 0 Å². The van der Waals surface area contributed by atoms with Gasteiger partial charge in [0.05, 0.1) is 0 Å². The Kier molecular flexibility index (Phi) is 4.23. The van der Waals surface area contributed by atoms with Crippen LogP contribution in [0.15, 0.2) is 18.2 Å². The summed E-state index contributed by atoms with van der Waals surface area (Å²) in [5, 5.41) is 3.91. The number of hydrogen-bond acceptors (Lipinski definition) is 1. The lowest BCUT2D eigenvalue weighted by molar-refractivity contribution is -0.120. The van der Waals surface area contributed by atoms with Crippen molar-refractivity contribution in [3.8, 4) is 0 Å². The quantitative estimate of drug-likeness (QED) is 0.852. The molecule has 76 valence electrons. The van der Waals surface area contributed by atoms with Gasteiger partial charge in [0.15, 0.2) is 0 Å². The molecular formula is C10H11Cl2NO. The largest absolute Gasteiger partial charge is 0.352 e. The summed E-state index contributed by atoms with van der Waals surface area (Å²) < 4.78 is 0. The third-order valence-electron chi connectivity index (χ3n) is 1.73. The first-order chi connectivity index (χ1) is 6.61. The first-order valence-electron chi connectivity index (χ1n) is 4.33. The fourth-order valence-electron chi connectivity index (χ4n) is 1.04. The number of rotatable bonds is 3. The van der Waals surface area contributed by atoms with E-state index >= 15 is 0 Å². The van der Waals surface area contributed by atoms with Gasteiger partial charge in [-0.15, -0.1) is 0 Å². The average Bonchev–Trinajstić information content (AvgIpc) is 2.12. The molecule has 2 nitrogen and oxygen atoms in total. The standard InChI is InChI=1S/C10H11Cl2NO/c1-2-10(14)13-6-7-3-8(11)5-9(12)4-7/h3-5H,2,6H2,1H3,(H,13,14). The molecule has 1 aromatic carbocycles. The molecule has 0 aromatic heterocycles. The van der Waals surface area contributed by atoms with Crippen LogP contribution in [0.2, 0.25) is 10.0 Å². The third kappa shape index (κ3) is 3.56. The van der Waals surface area contributed by atoms with Crippen molar-refractivity contribution < 1.29 is 4.79 Å². The van der Waals surface area contributed by atoms with Crippen molar-refractivity contribution in [3.05, 3.63) is 33.8 Å². The Balaban J connectivity index is 2.63. The minimum absolute atomic E-state index is 0.0149. The van der Waals surface area contributed by atoms with E-state index in [-0.39, 0.29) is 5.91 Å². The average molecular weight is 232 g/mol. The van der Waals surface area contributed by atoms with Gasteiger partial charge < -0.3 is 5.32 Å². The van der Waals surface area contributed by atoms with Crippen LogP contribution in [0.4, 0.5) is 0 Å². The Morgan fingerprint density at radius 1 is 1.29 bits per heavy atom. The number of hydrogen-bond donors (Lipinski definition) is 1. The van der Waals surface area contributed by atoms with Crippen LogP contribution >= 0.6 is 23.2 Å². The summed E-state index contributed by atoms with van der Waals surface area (Å²) >= 11 is 11.6. The molecule has 1 N–H and O–H groups in total. The number of nitrogens with one attached hydrogen (secondary N) is 1. The first kappa shape index (κ1) is 11.3. The fourth-order valence-corrected chi connectivity index (χ4v) is 1.61. The van der Waals surface area contributed by atoms with Gasteiger partial charge in [0.2, 0.25) is 5.91 Å². The minimum atomic E-state index is 0.0149. The van der Waals surface area contributed by atoms with Crippen molar-refractivity contribution in [2.75, 3.05) is 0 Å². The molecule has 0 fully saturated rings. The topological polar surface area (TPSA) is 29.1 Å². The second-order valence-corrected chi connectivity index (χ2v) is 3.78. The van der Waals surface area contributed by atoms with E-state index in [1.165, 1.54) is 0 Å². The summed E-state index contributed by atoms with van der Waals surface area (Å²) in [7, 11) is 0. The Bertz CT molecular complexity index is 319. The molecule has 0 saturated carbocycles. The molecule has 0 atom stereocenters. The number of amides is 1. The predicted octanol–water partition coefficient (Wildman–Crippen LogP) is 3.02. The van der Waals surface area contributed by atoms with Crippen LogP contribution in [0.1, 0.15) is 18.9 Å². The maximum absolute atomic E-state index is 11.0. The summed E-state index contributed by atoms with van der Waals surface area (Å²) in [4.78, 5) is 11.0. The Morgan fingerprint density at radius 2 is 1.86 bits per heavy atom. The van der Waals surface area contributed by atoms with Gasteiger partial charge in [0.1, 0.15) is 0 Å². The lowest BCUT2D eigenvalue weighted by atomic mass is 10.2. The third-order valence-corrected chi connectivity index (χ3v) is 2.17. The van der Waals surface area contributed by atoms with Gasteiger partial charge in [-0.25, -0.2) is 0 Å². The number of carbonyl (C=O) groups excluding carboxylic acids is 1. The summed E-state index contributed by atoms with van der Waals surface area (Å²) in [5.41, 5.74) is 0.907. The summed E-state index contributed by atoms with van der Waals surface area (Å²) in [6.07, 6.45) is 0.480. The summed E-state index contributed by atoms with van der Waals surface area (Å²) in [6, 6.07) is 5.22. The van der Waals surface area contributed by atoms with Crippen LogP contribution < -0.4 is 5.32 Å². The summed E-state index contributed by atoms with van der Waals surface area (Å²) in [6.45, 7) is 2.27. The second-order valence-electron chi connectivity index (χ2n) is 2.91. The number of carbonyl (C=O) groups is 1. The highest BCUT2D eigenvalue weighted by Gasteiger charge is 2.00. The second kappa shape index (κ2) is 5.23. The molecule has 0 aliphatic rings. The molecule has 0 saturated heterocycles. The predicted molar refractivity (Wildman–Crippen MR) is 58.6 cm³/mol. The Morgan fingerprint density at radius 3 is 2.36 bits per heavy atom. The van der Waals surface area contributed by atoms with Crippen LogP contribution in [-0.2, 0) is 11.3 Å². The van der Waals surface area contributed by atoms with Gasteiger partial charge in [-0.2, -0.15) is 0 Å². The Hall–Kier alpha value is -0.730. The van der Waals surface area contributed by atoms with Crippen molar-refractivity contribution in [1.29, 1.82) is 0 Å². The molecule has 1 rings (SSSR count). The van der Waals surface area contributed by atoms with Gasteiger partial charge in [-0.1, -0.05) is 30.1 Å². The molecule has 0 radical (unpaired) electrons. The zero-order chi connectivity index (χ0) is 10.6. The number of benzene rings is 1. The van der Waals surface area contributed by atoms with Crippen molar-refractivity contribution >= 4 is 29.1 Å². The molecule has 0 heterocycles. The van der Waals surface area contributed by atoms with Crippen LogP contribution in [0.3, 0.4) is 0 Å². The molecule has 14 heavy (non-hydrogen) atoms. The minimum Gasteiger partial charge on any atom is -0.352 e. The van der Waals surface area contributed by atoms with Gasteiger partial charge >= 0.3 is 0 Å². The van der Waals surface area contributed by atoms with Gasteiger partial charge in [0, 0.05) is 23.0 Å². The van der Waals surface area contributed by atoms with E-state index in [1.54, 1.807) is 25.1 Å². The van der Waals surface area contributed by atoms with E-state index in [0.717, 1.165) is 5.56 Å². The van der Waals surface area contributed by atoms with E-state index in [2.05, 4.69) is 5.32 Å². The van der Waals surface area contributed by atoms with Crippen molar-refractivity contribution in [2.45, 2.75) is 19.9 Å². The Labute approximate surface area is 93.2 Å². The fraction of sp³-hybridized carbons (Fsp3) is 0.300. The van der Waals surface area contributed by atoms with E-state index in [9.17, 15) is 4.79 Å². The van der Waals surface area contributed by atoms with Gasteiger partial charge in [0.25, 0.3) is 0 Å². The maximum Gasteiger partial charge on any atom is 0.219 e. The molecule has 1 amide bonds. The van der Waals surface area contributed by atoms with Crippen molar-refractivity contribution in [1.82, 2.24) is 5.32 Å². The highest BCUT2D eigenvalue weighted by molar-refractivity contribution is 6.34. The maximum atomic E-state index is 11.0. The zero-order valence-corrected chi connectivity index (χ0v) is 9.32. The van der Waals surface area contributed by atoms with Crippen LogP contribution in [0.5, 0.6) is 0 Å². The highest BCUT2D eigenvalue weighted by atomic mass is 35.5. The van der Waals surface area contributed by atoms with Crippen molar-refractivity contribution in [2.24, 2.45) is 0 Å². The van der Waals surface area contributed by atoms with E-state index in [1.807, 2.05) is 0 Å². The molecule has 4 heteroatoms. The van der Waals surface area contributed by atoms with E-state index in [4.69, 9.17) is 23.2 Å². The van der Waals surface area contributed by atoms with Crippen LogP contribution in [-0.4, -0.2) is 5.91 Å². The lowest BCUT2D eigenvalue weighted by Gasteiger charge is -2.04. The SMILES string of the molecule is CCC(=O)NCc1cc(Cl)cc(Cl)c1. The van der Waals surface area contributed by atoms with Crippen LogP contribution in [0, 0.1) is 0 Å². The van der Waals surface area contributed by atoms with Gasteiger partial charge in [-0.3, -0.25) is 4.79 Å². The molecule has 0 aliphatic heterocycles. The smallest absolute Gasteiger partial charge is 0.219 e. The van der Waals surface area contributed by atoms with E-state index in [0.29, 0.717) is 23.0 Å². The van der Waals surface area contributed by atoms with Crippen LogP contribution in [0.25, 0.3) is 0 Å². The van der Waals surface area contributed by atoms with Gasteiger partial charge in [-0.05, 0) is 23.8 Å². The molecule has 0 unspecified atom stereocenters. The lowest BCUT2D eigenvalue weighted by Crippen LogP contribution is -2.21. The van der Waals surface area contributed by atoms with Crippen molar-refractivity contribution in [3.63, 3.8) is 0 Å². The summed E-state index contributed by atoms with van der Waals surface area (Å²) in [5.74, 6) is 0.0149. The first-order valence-corrected chi connectivity index (χ1v) is 5.09. The highest BCUT2D eigenvalue weighted by Crippen LogP contribution is 2.18. The zero-order valence-electron chi connectivity index (χ0n) is 7.81. The normalized spacial score (nSPS) is 9.93. The molecular weight excluding hydrogens is 221 g/mol. The molecule has 0 aliphatic carbocycles. The molecule has 1 aromatic rings.